The Balaban J connectivity index is 1.93. The van der Waals surface area contributed by atoms with Crippen molar-refractivity contribution in [3.05, 3.63) is 65.8 Å². The second-order valence-corrected chi connectivity index (χ2v) is 4.48. The highest BCUT2D eigenvalue weighted by molar-refractivity contribution is 6.30. The van der Waals surface area contributed by atoms with Gasteiger partial charge in [-0.25, -0.2) is 4.98 Å². The van der Waals surface area contributed by atoms with E-state index in [-0.39, 0.29) is 0 Å². The molecule has 0 aliphatic carbocycles. The van der Waals surface area contributed by atoms with Gasteiger partial charge >= 0.3 is 0 Å². The van der Waals surface area contributed by atoms with Crippen molar-refractivity contribution in [3.63, 3.8) is 0 Å². The first kappa shape index (κ1) is 11.8. The summed E-state index contributed by atoms with van der Waals surface area (Å²) in [5, 5.41) is 9.05. The highest BCUT2D eigenvalue weighted by atomic mass is 35.5. The molecule has 0 aliphatic heterocycles. The van der Waals surface area contributed by atoms with Crippen LogP contribution in [0.15, 0.2) is 60.8 Å². The molecule has 92 valence electrons. The topological polar surface area (TPSA) is 38.7 Å². The Morgan fingerprint density at radius 1 is 0.737 bits per heavy atom. The van der Waals surface area contributed by atoms with E-state index in [0.29, 0.717) is 10.8 Å². The molecule has 4 heteroatoms. The predicted molar refractivity (Wildman–Crippen MR) is 75.7 cm³/mol. The average molecular weight is 268 g/mol. The van der Waals surface area contributed by atoms with Gasteiger partial charge in [0.15, 0.2) is 5.82 Å². The molecule has 1 aromatic heterocycles. The van der Waals surface area contributed by atoms with Gasteiger partial charge in [-0.15, -0.1) is 10.2 Å². The minimum atomic E-state index is 0.594. The van der Waals surface area contributed by atoms with Crippen molar-refractivity contribution in [1.82, 2.24) is 15.2 Å². The number of hydrogen-bond donors (Lipinski definition) is 0. The normalized spacial score (nSPS) is 10.4. The summed E-state index contributed by atoms with van der Waals surface area (Å²) < 4.78 is 0. The van der Waals surface area contributed by atoms with Crippen molar-refractivity contribution in [1.29, 1.82) is 0 Å². The fourth-order valence-electron chi connectivity index (χ4n) is 1.75. The Morgan fingerprint density at radius 3 is 2.11 bits per heavy atom. The smallest absolute Gasteiger partial charge is 0.181 e. The van der Waals surface area contributed by atoms with Crippen LogP contribution in [0.4, 0.5) is 0 Å². The van der Waals surface area contributed by atoms with E-state index in [1.54, 1.807) is 6.20 Å². The maximum Gasteiger partial charge on any atom is 0.181 e. The third-order valence-corrected chi connectivity index (χ3v) is 2.99. The van der Waals surface area contributed by atoms with Gasteiger partial charge in [-0.3, -0.25) is 0 Å². The lowest BCUT2D eigenvalue weighted by Crippen LogP contribution is -1.94. The third kappa shape index (κ3) is 2.61. The summed E-state index contributed by atoms with van der Waals surface area (Å²) in [5.74, 6) is 0.594. The van der Waals surface area contributed by atoms with Crippen LogP contribution in [-0.2, 0) is 0 Å². The van der Waals surface area contributed by atoms with Crippen LogP contribution in [-0.4, -0.2) is 15.2 Å². The van der Waals surface area contributed by atoms with Gasteiger partial charge in [-0.1, -0.05) is 41.9 Å². The van der Waals surface area contributed by atoms with Crippen LogP contribution in [0, 0.1) is 0 Å². The number of rotatable bonds is 2. The molecule has 0 N–H and O–H groups in total. The van der Waals surface area contributed by atoms with Crippen molar-refractivity contribution in [2.24, 2.45) is 0 Å². The highest BCUT2D eigenvalue weighted by Gasteiger charge is 2.04. The lowest BCUT2D eigenvalue weighted by molar-refractivity contribution is 0.987. The molecule has 0 radical (unpaired) electrons. The molecule has 3 aromatic rings. The van der Waals surface area contributed by atoms with E-state index in [0.717, 1.165) is 16.8 Å². The summed E-state index contributed by atoms with van der Waals surface area (Å²) in [6, 6.07) is 17.2. The minimum absolute atomic E-state index is 0.594. The van der Waals surface area contributed by atoms with Gasteiger partial charge in [0.05, 0.1) is 6.20 Å². The van der Waals surface area contributed by atoms with Crippen LogP contribution in [0.1, 0.15) is 0 Å². The summed E-state index contributed by atoms with van der Waals surface area (Å²) in [6.07, 6.45) is 1.73. The number of halogens is 1. The summed E-state index contributed by atoms with van der Waals surface area (Å²) >= 11 is 5.85. The zero-order valence-corrected chi connectivity index (χ0v) is 10.7. The molecule has 2 aromatic carbocycles. The second kappa shape index (κ2) is 5.16. The molecule has 0 bridgehead atoms. The van der Waals surface area contributed by atoms with Crippen LogP contribution in [0.5, 0.6) is 0 Å². The summed E-state index contributed by atoms with van der Waals surface area (Å²) in [7, 11) is 0. The van der Waals surface area contributed by atoms with Gasteiger partial charge in [-0.2, -0.15) is 0 Å². The zero-order valence-electron chi connectivity index (χ0n) is 9.99. The number of benzene rings is 2. The van der Waals surface area contributed by atoms with Crippen LogP contribution in [0.3, 0.4) is 0 Å². The van der Waals surface area contributed by atoms with Crippen molar-refractivity contribution < 1.29 is 0 Å². The van der Waals surface area contributed by atoms with Crippen LogP contribution in [0.2, 0.25) is 5.02 Å². The van der Waals surface area contributed by atoms with Gasteiger partial charge in [0.1, 0.15) is 5.69 Å². The zero-order chi connectivity index (χ0) is 13.1. The SMILES string of the molecule is Clc1ccc(-c2ncc(-c3ccccc3)nn2)cc1. The molecule has 0 atom stereocenters. The Labute approximate surface area is 115 Å². The van der Waals surface area contributed by atoms with Gasteiger partial charge in [0.2, 0.25) is 0 Å². The molecule has 0 unspecified atom stereocenters. The monoisotopic (exact) mass is 267 g/mol. The molecule has 0 aliphatic rings. The van der Waals surface area contributed by atoms with E-state index in [2.05, 4.69) is 15.2 Å². The largest absolute Gasteiger partial charge is 0.233 e. The van der Waals surface area contributed by atoms with E-state index in [1.807, 2.05) is 54.6 Å². The van der Waals surface area contributed by atoms with Crippen molar-refractivity contribution in [2.75, 3.05) is 0 Å². The lowest BCUT2D eigenvalue weighted by Gasteiger charge is -2.01. The van der Waals surface area contributed by atoms with Gasteiger partial charge < -0.3 is 0 Å². The lowest BCUT2D eigenvalue weighted by atomic mass is 10.2. The van der Waals surface area contributed by atoms with Crippen LogP contribution < -0.4 is 0 Å². The molecule has 3 rings (SSSR count). The van der Waals surface area contributed by atoms with E-state index in [4.69, 9.17) is 11.6 Å². The molecule has 3 nitrogen and oxygen atoms in total. The van der Waals surface area contributed by atoms with Gasteiger partial charge in [-0.05, 0) is 24.3 Å². The first-order chi connectivity index (χ1) is 9.33. The number of aromatic nitrogens is 3. The van der Waals surface area contributed by atoms with E-state index in [1.165, 1.54) is 0 Å². The summed E-state index contributed by atoms with van der Waals surface area (Å²) in [4.78, 5) is 4.34. The Kier molecular flexibility index (Phi) is 3.21. The number of hydrogen-bond acceptors (Lipinski definition) is 3. The Hall–Kier alpha value is -2.26. The van der Waals surface area contributed by atoms with Crippen molar-refractivity contribution in [3.8, 4) is 22.6 Å². The fourth-order valence-corrected chi connectivity index (χ4v) is 1.87. The molecule has 0 spiro atoms. The standard InChI is InChI=1S/C15H10ClN3/c16-13-8-6-12(7-9-13)15-17-10-14(18-19-15)11-4-2-1-3-5-11/h1-10H. The third-order valence-electron chi connectivity index (χ3n) is 2.73. The first-order valence-corrected chi connectivity index (χ1v) is 6.22. The molecule has 19 heavy (non-hydrogen) atoms. The van der Waals surface area contributed by atoms with Gasteiger partial charge in [0, 0.05) is 16.1 Å². The fraction of sp³-hybridized carbons (Fsp3) is 0. The molecule has 0 saturated carbocycles. The van der Waals surface area contributed by atoms with Crippen LogP contribution in [0.25, 0.3) is 22.6 Å². The molecule has 0 fully saturated rings. The summed E-state index contributed by atoms with van der Waals surface area (Å²) in [5.41, 5.74) is 2.67. The van der Waals surface area contributed by atoms with Crippen LogP contribution >= 0.6 is 11.6 Å². The van der Waals surface area contributed by atoms with Crippen molar-refractivity contribution in [2.45, 2.75) is 0 Å². The molecular weight excluding hydrogens is 258 g/mol. The quantitative estimate of drug-likeness (QED) is 0.708. The Bertz CT molecular complexity index is 664. The summed E-state index contributed by atoms with van der Waals surface area (Å²) in [6.45, 7) is 0. The van der Waals surface area contributed by atoms with Crippen molar-refractivity contribution >= 4 is 11.6 Å². The molecule has 0 amide bonds. The Morgan fingerprint density at radius 2 is 1.47 bits per heavy atom. The number of nitrogens with zero attached hydrogens (tertiary/aromatic N) is 3. The molecular formula is C15H10ClN3. The maximum absolute atomic E-state index is 5.85. The first-order valence-electron chi connectivity index (χ1n) is 5.84. The van der Waals surface area contributed by atoms with E-state index < -0.39 is 0 Å². The predicted octanol–water partition coefficient (Wildman–Crippen LogP) is 3.86. The minimum Gasteiger partial charge on any atom is -0.233 e. The molecule has 0 saturated heterocycles. The highest BCUT2D eigenvalue weighted by Crippen LogP contribution is 2.19. The van der Waals surface area contributed by atoms with Gasteiger partial charge in [0.25, 0.3) is 0 Å². The van der Waals surface area contributed by atoms with E-state index in [9.17, 15) is 0 Å². The average Bonchev–Trinajstić information content (AvgIpc) is 2.49. The maximum atomic E-state index is 5.85. The molecule has 1 heterocycles. The second-order valence-electron chi connectivity index (χ2n) is 4.04. The van der Waals surface area contributed by atoms with E-state index >= 15 is 0 Å².